The van der Waals surface area contributed by atoms with Crippen molar-refractivity contribution in [3.63, 3.8) is 0 Å². The van der Waals surface area contributed by atoms with Gasteiger partial charge in [0.2, 0.25) is 15.9 Å². The molecule has 0 aliphatic carbocycles. The molecule has 3 rings (SSSR count). The van der Waals surface area contributed by atoms with Crippen LogP contribution in [0, 0.1) is 0 Å². The Hall–Kier alpha value is -1.44. The van der Waals surface area contributed by atoms with Crippen molar-refractivity contribution in [2.45, 2.75) is 62.9 Å². The van der Waals surface area contributed by atoms with Crippen molar-refractivity contribution in [2.24, 2.45) is 0 Å². The van der Waals surface area contributed by atoms with E-state index in [9.17, 15) is 13.2 Å². The lowest BCUT2D eigenvalue weighted by Crippen LogP contribution is -2.36. The van der Waals surface area contributed by atoms with Crippen molar-refractivity contribution < 1.29 is 13.2 Å². The number of unbranched alkanes of at least 4 members (excludes halogenated alkanes) is 2. The lowest BCUT2D eigenvalue weighted by Gasteiger charge is -2.29. The van der Waals surface area contributed by atoms with Gasteiger partial charge in [0.15, 0.2) is 0 Å². The molecular weight excluding hydrogens is 374 g/mol. The summed E-state index contributed by atoms with van der Waals surface area (Å²) in [6.45, 7) is 4.47. The molecule has 1 amide bonds. The van der Waals surface area contributed by atoms with Crippen LogP contribution in [0.3, 0.4) is 0 Å². The second-order valence-corrected chi connectivity index (χ2v) is 10.2. The molecule has 28 heavy (non-hydrogen) atoms. The van der Waals surface area contributed by atoms with Gasteiger partial charge in [0.1, 0.15) is 0 Å². The van der Waals surface area contributed by atoms with Crippen molar-refractivity contribution in [2.75, 3.05) is 33.7 Å². The van der Waals surface area contributed by atoms with E-state index in [2.05, 4.69) is 11.8 Å². The average molecular weight is 408 g/mol. The van der Waals surface area contributed by atoms with Gasteiger partial charge in [-0.2, -0.15) is 4.31 Å². The molecule has 0 bridgehead atoms. The number of hydrogen-bond acceptors (Lipinski definition) is 4. The van der Waals surface area contributed by atoms with Crippen molar-refractivity contribution in [1.29, 1.82) is 0 Å². The highest BCUT2D eigenvalue weighted by Crippen LogP contribution is 2.27. The van der Waals surface area contributed by atoms with Crippen LogP contribution in [0.2, 0.25) is 0 Å². The van der Waals surface area contributed by atoms with Crippen LogP contribution < -0.4 is 0 Å². The molecule has 0 radical (unpaired) electrons. The van der Waals surface area contributed by atoms with Crippen LogP contribution in [0.25, 0.3) is 0 Å². The summed E-state index contributed by atoms with van der Waals surface area (Å²) in [4.78, 5) is 16.8. The Bertz CT molecular complexity index is 807. The first-order chi connectivity index (χ1) is 13.3. The quantitative estimate of drug-likeness (QED) is 0.652. The molecule has 0 saturated carbocycles. The Kier molecular flexibility index (Phi) is 6.78. The minimum Gasteiger partial charge on any atom is -0.338 e. The molecule has 1 aromatic rings. The third kappa shape index (κ3) is 4.58. The van der Waals surface area contributed by atoms with Crippen LogP contribution in [0.4, 0.5) is 0 Å². The maximum atomic E-state index is 13.1. The van der Waals surface area contributed by atoms with Crippen molar-refractivity contribution in [3.8, 4) is 0 Å². The molecule has 7 heteroatoms. The van der Waals surface area contributed by atoms with Gasteiger partial charge < -0.3 is 9.80 Å². The minimum absolute atomic E-state index is 0.181. The van der Waals surface area contributed by atoms with Gasteiger partial charge >= 0.3 is 0 Å². The largest absolute Gasteiger partial charge is 0.338 e. The van der Waals surface area contributed by atoms with Crippen LogP contribution in [0.5, 0.6) is 0 Å². The van der Waals surface area contributed by atoms with Gasteiger partial charge in [0.05, 0.1) is 4.90 Å². The van der Waals surface area contributed by atoms with Crippen LogP contribution in [0.15, 0.2) is 23.1 Å². The number of likely N-dealkylation sites (N-methyl/N-ethyl adjacent to an activating group) is 1. The fourth-order valence-corrected chi connectivity index (χ4v) is 5.63. The number of amides is 1. The van der Waals surface area contributed by atoms with Gasteiger partial charge in [-0.3, -0.25) is 4.79 Å². The third-order valence-electron chi connectivity index (χ3n) is 6.03. The van der Waals surface area contributed by atoms with E-state index >= 15 is 0 Å². The number of carbonyl (C=O) groups is 1. The summed E-state index contributed by atoms with van der Waals surface area (Å²) < 4.78 is 27.8. The van der Waals surface area contributed by atoms with E-state index in [-0.39, 0.29) is 11.9 Å². The SMILES string of the molecule is CCCCCC(=O)N1CCc2ccc(S(=O)(=O)N3CC[C@@H](N(C)C)C3)cc2C1. The monoisotopic (exact) mass is 407 g/mol. The molecule has 1 saturated heterocycles. The number of nitrogens with zero attached hydrogens (tertiary/aromatic N) is 3. The molecule has 1 atom stereocenters. The molecule has 156 valence electrons. The van der Waals surface area contributed by atoms with Gasteiger partial charge in [0.25, 0.3) is 0 Å². The summed E-state index contributed by atoms with van der Waals surface area (Å²) in [6, 6.07) is 5.72. The van der Waals surface area contributed by atoms with Crippen LogP contribution >= 0.6 is 0 Å². The van der Waals surface area contributed by atoms with Gasteiger partial charge in [-0.1, -0.05) is 25.8 Å². The molecule has 6 nitrogen and oxygen atoms in total. The smallest absolute Gasteiger partial charge is 0.243 e. The van der Waals surface area contributed by atoms with Crippen LogP contribution in [-0.2, 0) is 27.8 Å². The Labute approximate surface area is 169 Å². The molecule has 1 aromatic carbocycles. The van der Waals surface area contributed by atoms with Crippen molar-refractivity contribution in [3.05, 3.63) is 29.3 Å². The first-order valence-corrected chi connectivity index (χ1v) is 11.8. The fourth-order valence-electron chi connectivity index (χ4n) is 4.09. The van der Waals surface area contributed by atoms with Gasteiger partial charge in [0, 0.05) is 38.6 Å². The topological polar surface area (TPSA) is 60.9 Å². The highest BCUT2D eigenvalue weighted by atomic mass is 32.2. The highest BCUT2D eigenvalue weighted by Gasteiger charge is 2.34. The number of fused-ring (bicyclic) bond motifs is 1. The standard InChI is InChI=1S/C21H33N3O3S/c1-4-5-6-7-21(25)23-12-10-17-8-9-20(14-18(17)15-23)28(26,27)24-13-11-19(16-24)22(2)3/h8-9,14,19H,4-7,10-13,15-16H2,1-3H3/t19-/m1/s1. The highest BCUT2D eigenvalue weighted by molar-refractivity contribution is 7.89. The molecule has 1 fully saturated rings. The molecular formula is C21H33N3O3S. The van der Waals surface area contributed by atoms with E-state index in [0.29, 0.717) is 31.0 Å². The predicted molar refractivity (Wildman–Crippen MR) is 111 cm³/mol. The predicted octanol–water partition coefficient (Wildman–Crippen LogP) is 2.48. The first-order valence-electron chi connectivity index (χ1n) is 10.4. The van der Waals surface area contributed by atoms with Crippen LogP contribution in [0.1, 0.15) is 50.2 Å². The average Bonchev–Trinajstić information content (AvgIpc) is 3.18. The number of sulfonamides is 1. The first kappa shape index (κ1) is 21.3. The molecule has 0 N–H and O–H groups in total. The Morgan fingerprint density at radius 2 is 1.96 bits per heavy atom. The third-order valence-corrected chi connectivity index (χ3v) is 7.89. The van der Waals surface area contributed by atoms with Gasteiger partial charge in [-0.05, 0) is 56.6 Å². The number of benzene rings is 1. The second kappa shape index (κ2) is 8.93. The summed E-state index contributed by atoms with van der Waals surface area (Å²) in [5.41, 5.74) is 2.13. The zero-order valence-electron chi connectivity index (χ0n) is 17.4. The summed E-state index contributed by atoms with van der Waals surface area (Å²) in [7, 11) is 0.493. The number of hydrogen-bond donors (Lipinski definition) is 0. The zero-order chi connectivity index (χ0) is 20.3. The van der Waals surface area contributed by atoms with E-state index in [1.807, 2.05) is 25.1 Å². The summed E-state index contributed by atoms with van der Waals surface area (Å²) >= 11 is 0. The van der Waals surface area contributed by atoms with E-state index in [1.54, 1.807) is 16.4 Å². The maximum absolute atomic E-state index is 13.1. The number of carbonyl (C=O) groups excluding carboxylic acids is 1. The molecule has 2 heterocycles. The molecule has 0 spiro atoms. The normalized spacial score (nSPS) is 20.6. The molecule has 0 unspecified atom stereocenters. The Morgan fingerprint density at radius 3 is 2.64 bits per heavy atom. The lowest BCUT2D eigenvalue weighted by molar-refractivity contribution is -0.132. The maximum Gasteiger partial charge on any atom is 0.243 e. The zero-order valence-corrected chi connectivity index (χ0v) is 18.2. The lowest BCUT2D eigenvalue weighted by atomic mass is 9.99. The van der Waals surface area contributed by atoms with Gasteiger partial charge in [-0.15, -0.1) is 0 Å². The second-order valence-electron chi connectivity index (χ2n) is 8.22. The molecule has 2 aliphatic rings. The summed E-state index contributed by atoms with van der Waals surface area (Å²) in [5.74, 6) is 0.181. The summed E-state index contributed by atoms with van der Waals surface area (Å²) in [6.07, 6.45) is 5.33. The van der Waals surface area contributed by atoms with E-state index in [0.717, 1.165) is 49.8 Å². The summed E-state index contributed by atoms with van der Waals surface area (Å²) in [5, 5.41) is 0. The van der Waals surface area contributed by atoms with Gasteiger partial charge in [-0.25, -0.2) is 8.42 Å². The minimum atomic E-state index is -3.49. The van der Waals surface area contributed by atoms with E-state index in [4.69, 9.17) is 0 Å². The van der Waals surface area contributed by atoms with E-state index < -0.39 is 10.0 Å². The Morgan fingerprint density at radius 1 is 1.18 bits per heavy atom. The number of rotatable bonds is 7. The molecule has 0 aromatic heterocycles. The molecule has 2 aliphatic heterocycles. The fraction of sp³-hybridized carbons (Fsp3) is 0.667. The van der Waals surface area contributed by atoms with Crippen molar-refractivity contribution >= 4 is 15.9 Å². The van der Waals surface area contributed by atoms with E-state index in [1.165, 1.54) is 0 Å². The van der Waals surface area contributed by atoms with Crippen molar-refractivity contribution in [1.82, 2.24) is 14.1 Å². The Balaban J connectivity index is 1.73. The van der Waals surface area contributed by atoms with Crippen LogP contribution in [-0.4, -0.2) is 68.2 Å².